The topological polar surface area (TPSA) is 85.3 Å². The number of hydrogen-bond donors (Lipinski definition) is 0. The van der Waals surface area contributed by atoms with Crippen molar-refractivity contribution in [2.45, 2.75) is 30.1 Å². The molecule has 0 fully saturated rings. The van der Waals surface area contributed by atoms with E-state index in [-0.39, 0.29) is 16.2 Å². The fourth-order valence-electron chi connectivity index (χ4n) is 2.35. The molecule has 0 aliphatic heterocycles. The fourth-order valence-corrected chi connectivity index (χ4v) is 5.12. The van der Waals surface area contributed by atoms with Gasteiger partial charge >= 0.3 is 0 Å². The number of Topliss-reactive ketones (excluding diaryl/α,β-unsaturated/α-hetero) is 1. The Morgan fingerprint density at radius 2 is 1.28 bits per heavy atom. The second-order valence-electron chi connectivity index (χ2n) is 6.00. The molecule has 0 aliphatic rings. The van der Waals surface area contributed by atoms with E-state index < -0.39 is 37.0 Å². The highest BCUT2D eigenvalue weighted by molar-refractivity contribution is 7.92. The zero-order valence-electron chi connectivity index (χ0n) is 14.1. The van der Waals surface area contributed by atoms with Gasteiger partial charge in [-0.25, -0.2) is 16.8 Å². The Balaban J connectivity index is 2.05. The first-order valence-corrected chi connectivity index (χ1v) is 11.0. The minimum Gasteiger partial charge on any atom is -0.299 e. The first-order valence-electron chi connectivity index (χ1n) is 7.71. The van der Waals surface area contributed by atoms with Crippen LogP contribution in [-0.2, 0) is 24.5 Å². The summed E-state index contributed by atoms with van der Waals surface area (Å²) in [6.07, 6.45) is -0.332. The lowest BCUT2D eigenvalue weighted by Crippen LogP contribution is -2.19. The maximum atomic E-state index is 12.3. The maximum Gasteiger partial charge on any atom is 0.185 e. The third-order valence-corrected chi connectivity index (χ3v) is 7.09. The van der Waals surface area contributed by atoms with Gasteiger partial charge in [0.25, 0.3) is 0 Å². The molecule has 5 nitrogen and oxygen atoms in total. The van der Waals surface area contributed by atoms with Crippen molar-refractivity contribution in [1.29, 1.82) is 0 Å². The van der Waals surface area contributed by atoms with Crippen LogP contribution < -0.4 is 0 Å². The molecule has 0 amide bonds. The van der Waals surface area contributed by atoms with Gasteiger partial charge in [0.15, 0.2) is 19.7 Å². The third-order valence-electron chi connectivity index (χ3n) is 3.70. The Labute approximate surface area is 148 Å². The zero-order valence-corrected chi connectivity index (χ0v) is 15.7. The Hall–Kier alpha value is -1.99. The SMILES string of the molecule is Cc1cccc(S(=O)(=O)CCC(=O)CS(=O)(=O)c2cccc(C)c2)c1. The first-order chi connectivity index (χ1) is 11.6. The standard InChI is InChI=1S/C18H20O5S2/c1-14-5-3-7-17(11-14)24(20,21)10-9-16(19)13-25(22,23)18-8-4-6-15(2)12-18/h3-8,11-12H,9-10,13H2,1-2H3. The summed E-state index contributed by atoms with van der Waals surface area (Å²) in [5.41, 5.74) is 1.57. The van der Waals surface area contributed by atoms with E-state index in [1.165, 1.54) is 24.3 Å². The number of rotatable bonds is 7. The lowest BCUT2D eigenvalue weighted by Gasteiger charge is -2.07. The molecular weight excluding hydrogens is 360 g/mol. The number of hydrogen-bond acceptors (Lipinski definition) is 5. The smallest absolute Gasteiger partial charge is 0.185 e. The van der Waals surface area contributed by atoms with Crippen molar-refractivity contribution in [2.24, 2.45) is 0 Å². The zero-order chi connectivity index (χ0) is 18.7. The number of ketones is 1. The lowest BCUT2D eigenvalue weighted by atomic mass is 10.2. The molecule has 0 spiro atoms. The van der Waals surface area contributed by atoms with E-state index in [0.29, 0.717) is 0 Å². The highest BCUT2D eigenvalue weighted by Crippen LogP contribution is 2.16. The summed E-state index contributed by atoms with van der Waals surface area (Å²) in [7, 11) is -7.39. The van der Waals surface area contributed by atoms with Gasteiger partial charge in [0, 0.05) is 6.42 Å². The van der Waals surface area contributed by atoms with Crippen LogP contribution in [0.4, 0.5) is 0 Å². The van der Waals surface area contributed by atoms with Crippen molar-refractivity contribution in [1.82, 2.24) is 0 Å². The number of benzene rings is 2. The number of sulfone groups is 2. The molecule has 2 aromatic carbocycles. The van der Waals surface area contributed by atoms with E-state index in [2.05, 4.69) is 0 Å². The molecule has 0 bridgehead atoms. The quantitative estimate of drug-likeness (QED) is 0.737. The minimum absolute atomic E-state index is 0.0717. The van der Waals surface area contributed by atoms with E-state index in [1.807, 2.05) is 0 Å². The van der Waals surface area contributed by atoms with Crippen LogP contribution >= 0.6 is 0 Å². The Kier molecular flexibility index (Phi) is 5.80. The normalized spacial score (nSPS) is 12.1. The molecule has 7 heteroatoms. The van der Waals surface area contributed by atoms with E-state index in [1.54, 1.807) is 38.1 Å². The Morgan fingerprint density at radius 3 is 1.76 bits per heavy atom. The van der Waals surface area contributed by atoms with Gasteiger partial charge in [0.2, 0.25) is 0 Å². The molecule has 0 N–H and O–H groups in total. The number of carbonyl (C=O) groups is 1. The van der Waals surface area contributed by atoms with Crippen LogP contribution in [0.2, 0.25) is 0 Å². The fraction of sp³-hybridized carbons (Fsp3) is 0.278. The average molecular weight is 380 g/mol. The molecule has 0 aliphatic carbocycles. The average Bonchev–Trinajstić information content (AvgIpc) is 2.53. The Morgan fingerprint density at radius 1 is 0.800 bits per heavy atom. The van der Waals surface area contributed by atoms with Gasteiger partial charge < -0.3 is 0 Å². The molecule has 0 aromatic heterocycles. The van der Waals surface area contributed by atoms with E-state index >= 15 is 0 Å². The van der Waals surface area contributed by atoms with Crippen LogP contribution in [0.15, 0.2) is 58.3 Å². The van der Waals surface area contributed by atoms with Crippen molar-refractivity contribution in [3.05, 3.63) is 59.7 Å². The Bertz CT molecular complexity index is 990. The van der Waals surface area contributed by atoms with E-state index in [9.17, 15) is 21.6 Å². The second-order valence-corrected chi connectivity index (χ2v) is 10.1. The van der Waals surface area contributed by atoms with Crippen LogP contribution in [0.5, 0.6) is 0 Å². The molecule has 0 saturated heterocycles. The third kappa shape index (κ3) is 5.24. The molecular formula is C18H20O5S2. The lowest BCUT2D eigenvalue weighted by molar-refractivity contribution is -0.116. The molecule has 25 heavy (non-hydrogen) atoms. The molecule has 0 heterocycles. The summed E-state index contributed by atoms with van der Waals surface area (Å²) < 4.78 is 49.1. The van der Waals surface area contributed by atoms with Crippen molar-refractivity contribution >= 4 is 25.5 Å². The minimum atomic E-state index is -3.77. The van der Waals surface area contributed by atoms with Crippen LogP contribution in [0.25, 0.3) is 0 Å². The second kappa shape index (κ2) is 7.49. The summed E-state index contributed by atoms with van der Waals surface area (Å²) in [6.45, 7) is 3.54. The largest absolute Gasteiger partial charge is 0.299 e. The van der Waals surface area contributed by atoms with Gasteiger partial charge in [-0.3, -0.25) is 4.79 Å². The maximum absolute atomic E-state index is 12.3. The summed E-state index contributed by atoms with van der Waals surface area (Å²) in [6, 6.07) is 12.7. The van der Waals surface area contributed by atoms with Crippen LogP contribution in [0.1, 0.15) is 17.5 Å². The molecule has 0 unspecified atom stereocenters. The highest BCUT2D eigenvalue weighted by atomic mass is 32.2. The van der Waals surface area contributed by atoms with E-state index in [4.69, 9.17) is 0 Å². The first kappa shape index (κ1) is 19.3. The molecule has 2 rings (SSSR count). The van der Waals surface area contributed by atoms with Crippen molar-refractivity contribution in [3.63, 3.8) is 0 Å². The van der Waals surface area contributed by atoms with Crippen molar-refractivity contribution in [2.75, 3.05) is 11.5 Å². The van der Waals surface area contributed by atoms with Gasteiger partial charge in [-0.05, 0) is 49.2 Å². The monoisotopic (exact) mass is 380 g/mol. The number of aryl methyl sites for hydroxylation is 2. The molecule has 134 valence electrons. The van der Waals surface area contributed by atoms with Crippen molar-refractivity contribution < 1.29 is 21.6 Å². The van der Waals surface area contributed by atoms with Gasteiger partial charge in [-0.1, -0.05) is 24.3 Å². The van der Waals surface area contributed by atoms with Crippen LogP contribution in [0.3, 0.4) is 0 Å². The molecule has 0 radical (unpaired) electrons. The highest BCUT2D eigenvalue weighted by Gasteiger charge is 2.22. The van der Waals surface area contributed by atoms with Crippen LogP contribution in [-0.4, -0.2) is 34.1 Å². The van der Waals surface area contributed by atoms with Crippen LogP contribution in [0, 0.1) is 13.8 Å². The predicted molar refractivity (Wildman–Crippen MR) is 96.1 cm³/mol. The summed E-state index contributed by atoms with van der Waals surface area (Å²) in [5, 5.41) is 0. The van der Waals surface area contributed by atoms with Gasteiger partial charge in [-0.15, -0.1) is 0 Å². The molecule has 0 atom stereocenters. The predicted octanol–water partition coefficient (Wildman–Crippen LogP) is 2.51. The summed E-state index contributed by atoms with van der Waals surface area (Å²) in [4.78, 5) is 12.2. The summed E-state index contributed by atoms with van der Waals surface area (Å²) in [5.74, 6) is -1.71. The van der Waals surface area contributed by atoms with Crippen molar-refractivity contribution in [3.8, 4) is 0 Å². The number of carbonyl (C=O) groups excluding carboxylic acids is 1. The summed E-state index contributed by atoms with van der Waals surface area (Å²) >= 11 is 0. The van der Waals surface area contributed by atoms with E-state index in [0.717, 1.165) is 11.1 Å². The molecule has 2 aromatic rings. The van der Waals surface area contributed by atoms with Gasteiger partial charge in [0.05, 0.1) is 15.5 Å². The van der Waals surface area contributed by atoms with Gasteiger partial charge in [0.1, 0.15) is 11.5 Å². The van der Waals surface area contributed by atoms with Gasteiger partial charge in [-0.2, -0.15) is 0 Å². The molecule has 0 saturated carbocycles.